The van der Waals surface area contributed by atoms with E-state index < -0.39 is 17.4 Å². The fourth-order valence-electron chi connectivity index (χ4n) is 3.83. The molecule has 0 aliphatic carbocycles. The normalized spacial score (nSPS) is 17.4. The number of nitrogens with two attached hydrogens (primary N) is 1. The summed E-state index contributed by atoms with van der Waals surface area (Å²) in [5, 5.41) is 12.0. The summed E-state index contributed by atoms with van der Waals surface area (Å²) >= 11 is 12.8. The van der Waals surface area contributed by atoms with Gasteiger partial charge in [0.05, 0.1) is 17.3 Å². The van der Waals surface area contributed by atoms with Crippen molar-refractivity contribution in [2.45, 2.75) is 12.5 Å². The topological polar surface area (TPSA) is 96.1 Å². The lowest BCUT2D eigenvalue weighted by molar-refractivity contribution is -0.132. The molecule has 1 aliphatic rings. The fraction of sp³-hybridized carbons (Fsp3) is 0.364. The summed E-state index contributed by atoms with van der Waals surface area (Å²) < 4.78 is 5.14. The number of rotatable bonds is 9. The van der Waals surface area contributed by atoms with E-state index in [0.717, 1.165) is 6.54 Å². The van der Waals surface area contributed by atoms with Gasteiger partial charge >= 0.3 is 0 Å². The van der Waals surface area contributed by atoms with Gasteiger partial charge in [0.25, 0.3) is 5.91 Å². The molecule has 1 heterocycles. The minimum absolute atomic E-state index is 0. The summed E-state index contributed by atoms with van der Waals surface area (Å²) in [5.74, 6) is -1.26. The van der Waals surface area contributed by atoms with Gasteiger partial charge < -0.3 is 20.5 Å². The smallest absolute Gasteiger partial charge is 0.268 e. The van der Waals surface area contributed by atoms with Crippen LogP contribution < -0.4 is 10.6 Å². The van der Waals surface area contributed by atoms with Crippen molar-refractivity contribution < 1.29 is 19.4 Å². The highest BCUT2D eigenvalue weighted by molar-refractivity contribution is 6.35. The van der Waals surface area contributed by atoms with Gasteiger partial charge in [-0.25, -0.2) is 0 Å². The molecule has 1 atom stereocenters. The van der Waals surface area contributed by atoms with Gasteiger partial charge in [0.1, 0.15) is 0 Å². The number of likely N-dealkylation sites (N-methyl/N-ethyl adjacent to an activating group) is 1. The Kier molecular flexibility index (Phi) is 8.93. The van der Waals surface area contributed by atoms with E-state index in [-0.39, 0.29) is 45.7 Å². The van der Waals surface area contributed by atoms with E-state index in [4.69, 9.17) is 33.7 Å². The van der Waals surface area contributed by atoms with Gasteiger partial charge in [-0.1, -0.05) is 48.3 Å². The van der Waals surface area contributed by atoms with Crippen LogP contribution in [0.15, 0.2) is 36.4 Å². The fourth-order valence-corrected chi connectivity index (χ4v) is 4.46. The second-order valence-electron chi connectivity index (χ2n) is 7.29. The molecule has 0 saturated carbocycles. The van der Waals surface area contributed by atoms with Gasteiger partial charge in [-0.3, -0.25) is 14.5 Å². The van der Waals surface area contributed by atoms with Crippen molar-refractivity contribution in [3.8, 4) is 0 Å². The Morgan fingerprint density at radius 1 is 1.22 bits per heavy atom. The number of hydrogen-bond acceptors (Lipinski definition) is 5. The zero-order valence-electron chi connectivity index (χ0n) is 17.8. The molecule has 0 bridgehead atoms. The molecule has 1 aliphatic heterocycles. The lowest BCUT2D eigenvalue weighted by Gasteiger charge is -2.27. The third-order valence-corrected chi connectivity index (χ3v) is 6.15. The number of benzene rings is 2. The second-order valence-corrected chi connectivity index (χ2v) is 8.10. The maximum absolute atomic E-state index is 13.6. The first-order valence-corrected chi connectivity index (χ1v) is 10.7. The van der Waals surface area contributed by atoms with E-state index in [1.54, 1.807) is 31.4 Å². The van der Waals surface area contributed by atoms with Crippen LogP contribution in [0.3, 0.4) is 0 Å². The van der Waals surface area contributed by atoms with Gasteiger partial charge in [-0.2, -0.15) is 0 Å². The van der Waals surface area contributed by atoms with Crippen LogP contribution in [0.25, 0.3) is 0 Å². The molecule has 0 saturated heterocycles. The van der Waals surface area contributed by atoms with Gasteiger partial charge in [0.15, 0.2) is 5.60 Å². The Hall–Kier alpha value is -1.87. The third kappa shape index (κ3) is 4.73. The number of aliphatic hydroxyl groups is 1. The average molecular weight is 503 g/mol. The monoisotopic (exact) mass is 501 g/mol. The van der Waals surface area contributed by atoms with Gasteiger partial charge in [0, 0.05) is 48.5 Å². The van der Waals surface area contributed by atoms with Crippen LogP contribution in [-0.4, -0.2) is 61.7 Å². The van der Waals surface area contributed by atoms with Crippen LogP contribution in [0.4, 0.5) is 5.69 Å². The van der Waals surface area contributed by atoms with Crippen molar-refractivity contribution >= 4 is 53.1 Å². The van der Waals surface area contributed by atoms with E-state index in [1.807, 2.05) is 6.92 Å². The summed E-state index contributed by atoms with van der Waals surface area (Å²) in [6, 6.07) is 9.42. The average Bonchev–Trinajstić information content (AvgIpc) is 2.96. The van der Waals surface area contributed by atoms with E-state index in [0.29, 0.717) is 25.4 Å². The maximum Gasteiger partial charge on any atom is 0.268 e. The summed E-state index contributed by atoms with van der Waals surface area (Å²) in [5.41, 5.74) is 4.29. The van der Waals surface area contributed by atoms with Crippen molar-refractivity contribution in [1.82, 2.24) is 4.90 Å². The standard InChI is InChI=1S/C22H25Cl2N3O4.ClH/c1-3-26(10-11-31-2)8-9-27-18-13-14(20(25)28)12-17(24)19(18)22(30,21(27)29)15-6-4-5-7-16(15)23;/h4-7,12-13,30H,3,8-11H2,1-2H3,(H2,25,28);1H. The number of primary amides is 1. The van der Waals surface area contributed by atoms with Crippen LogP contribution >= 0.6 is 35.6 Å². The van der Waals surface area contributed by atoms with Crippen LogP contribution in [0.2, 0.25) is 10.0 Å². The van der Waals surface area contributed by atoms with Crippen LogP contribution in [0, 0.1) is 0 Å². The van der Waals surface area contributed by atoms with Crippen molar-refractivity contribution in [2.75, 3.05) is 44.8 Å². The summed E-state index contributed by atoms with van der Waals surface area (Å²) in [7, 11) is 1.63. The molecule has 0 radical (unpaired) electrons. The Balaban J connectivity index is 0.00000363. The van der Waals surface area contributed by atoms with Crippen LogP contribution in [-0.2, 0) is 15.1 Å². The number of methoxy groups -OCH3 is 1. The highest BCUT2D eigenvalue weighted by Gasteiger charge is 2.53. The number of carbonyl (C=O) groups is 2. The minimum atomic E-state index is -2.08. The van der Waals surface area contributed by atoms with Crippen LogP contribution in [0.5, 0.6) is 0 Å². The molecule has 2 aromatic rings. The Labute approximate surface area is 203 Å². The number of ether oxygens (including phenoxy) is 1. The quantitative estimate of drug-likeness (QED) is 0.549. The summed E-state index contributed by atoms with van der Waals surface area (Å²) in [4.78, 5) is 28.9. The molecular weight excluding hydrogens is 477 g/mol. The van der Waals surface area contributed by atoms with E-state index >= 15 is 0 Å². The molecule has 10 heteroatoms. The van der Waals surface area contributed by atoms with Gasteiger partial charge in [-0.05, 0) is 24.7 Å². The lowest BCUT2D eigenvalue weighted by Crippen LogP contribution is -2.44. The van der Waals surface area contributed by atoms with Gasteiger partial charge in [-0.15, -0.1) is 12.4 Å². The predicted octanol–water partition coefficient (Wildman–Crippen LogP) is 3.06. The highest BCUT2D eigenvalue weighted by Crippen LogP contribution is 2.49. The Morgan fingerprint density at radius 2 is 1.91 bits per heavy atom. The Bertz CT molecular complexity index is 1000. The number of halogens is 3. The number of amides is 2. The number of hydrogen-bond donors (Lipinski definition) is 2. The van der Waals surface area contributed by atoms with Crippen molar-refractivity contribution in [2.24, 2.45) is 5.73 Å². The van der Waals surface area contributed by atoms with Crippen LogP contribution in [0.1, 0.15) is 28.4 Å². The van der Waals surface area contributed by atoms with Crippen molar-refractivity contribution in [3.05, 3.63) is 63.1 Å². The van der Waals surface area contributed by atoms with Gasteiger partial charge in [0.2, 0.25) is 5.91 Å². The highest BCUT2D eigenvalue weighted by atomic mass is 35.5. The molecule has 2 aromatic carbocycles. The van der Waals surface area contributed by atoms with E-state index in [9.17, 15) is 14.7 Å². The SMILES string of the molecule is CCN(CCOC)CCN1C(=O)C(O)(c2ccccc2Cl)c2c(Cl)cc(C(N)=O)cc21.Cl. The third-order valence-electron chi connectivity index (χ3n) is 5.52. The molecule has 7 nitrogen and oxygen atoms in total. The number of fused-ring (bicyclic) bond motifs is 1. The first-order valence-electron chi connectivity index (χ1n) is 9.90. The van der Waals surface area contributed by atoms with Crippen molar-refractivity contribution in [3.63, 3.8) is 0 Å². The summed E-state index contributed by atoms with van der Waals surface area (Å²) in [6.07, 6.45) is 0. The molecule has 3 N–H and O–H groups in total. The maximum atomic E-state index is 13.6. The lowest BCUT2D eigenvalue weighted by atomic mass is 9.87. The minimum Gasteiger partial charge on any atom is -0.383 e. The number of anilines is 1. The van der Waals surface area contributed by atoms with Crippen molar-refractivity contribution in [1.29, 1.82) is 0 Å². The molecule has 1 unspecified atom stereocenters. The zero-order chi connectivity index (χ0) is 22.8. The molecule has 0 fully saturated rings. The molecule has 174 valence electrons. The first kappa shape index (κ1) is 26.4. The van der Waals surface area contributed by atoms with E-state index in [1.165, 1.54) is 17.0 Å². The first-order chi connectivity index (χ1) is 14.7. The molecule has 2 amide bonds. The Morgan fingerprint density at radius 3 is 2.50 bits per heavy atom. The molecule has 32 heavy (non-hydrogen) atoms. The molecule has 0 spiro atoms. The number of nitrogens with zero attached hydrogens (tertiary/aromatic N) is 2. The van der Waals surface area contributed by atoms with E-state index in [2.05, 4.69) is 4.90 Å². The zero-order valence-corrected chi connectivity index (χ0v) is 20.1. The second kappa shape index (κ2) is 10.8. The molecule has 3 rings (SSSR count). The predicted molar refractivity (Wildman–Crippen MR) is 128 cm³/mol. The largest absolute Gasteiger partial charge is 0.383 e. The molecular formula is C22H26Cl3N3O4. The molecule has 0 aromatic heterocycles. The number of carbonyl (C=O) groups excluding carboxylic acids is 2. The summed E-state index contributed by atoms with van der Waals surface area (Å²) in [6.45, 7) is 4.82.